The number of carbonyl (C=O) groups is 2. The van der Waals surface area contributed by atoms with Crippen LogP contribution in [0.2, 0.25) is 0 Å². The highest BCUT2D eigenvalue weighted by atomic mass is 16.5. The fourth-order valence-electron chi connectivity index (χ4n) is 1.51. The Bertz CT molecular complexity index is 251. The van der Waals surface area contributed by atoms with Crippen LogP contribution in [-0.2, 0) is 9.53 Å². The maximum absolute atomic E-state index is 11.3. The summed E-state index contributed by atoms with van der Waals surface area (Å²) in [6.07, 6.45) is 2.05. The van der Waals surface area contributed by atoms with Crippen molar-refractivity contribution in [2.24, 2.45) is 5.92 Å². The Labute approximate surface area is 94.3 Å². The summed E-state index contributed by atoms with van der Waals surface area (Å²) in [7, 11) is 0. The summed E-state index contributed by atoms with van der Waals surface area (Å²) < 4.78 is 5.27. The van der Waals surface area contributed by atoms with Crippen molar-refractivity contribution in [2.75, 3.05) is 19.8 Å². The monoisotopic (exact) mass is 230 g/mol. The second kappa shape index (κ2) is 6.32. The minimum absolute atomic E-state index is 0.333. The van der Waals surface area contributed by atoms with Crippen LogP contribution in [0.5, 0.6) is 0 Å². The smallest absolute Gasteiger partial charge is 0.325 e. The van der Waals surface area contributed by atoms with Crippen molar-refractivity contribution in [3.63, 3.8) is 0 Å². The highest BCUT2D eigenvalue weighted by molar-refractivity contribution is 5.82. The molecule has 3 N–H and O–H groups in total. The molecule has 1 saturated heterocycles. The van der Waals surface area contributed by atoms with Crippen LogP contribution >= 0.6 is 0 Å². The summed E-state index contributed by atoms with van der Waals surface area (Å²) in [6, 6.07) is -1.32. The first-order chi connectivity index (χ1) is 7.59. The molecule has 1 unspecified atom stereocenters. The number of nitrogens with one attached hydrogen (secondary N) is 2. The van der Waals surface area contributed by atoms with Crippen LogP contribution in [0.1, 0.15) is 19.8 Å². The number of carbonyl (C=O) groups excluding carboxylic acids is 1. The molecule has 1 heterocycles. The maximum Gasteiger partial charge on any atom is 0.325 e. The van der Waals surface area contributed by atoms with E-state index >= 15 is 0 Å². The lowest BCUT2D eigenvalue weighted by atomic mass is 10.0. The topological polar surface area (TPSA) is 87.7 Å². The van der Waals surface area contributed by atoms with E-state index in [2.05, 4.69) is 10.6 Å². The number of rotatable bonds is 4. The molecule has 92 valence electrons. The van der Waals surface area contributed by atoms with Gasteiger partial charge in [0.1, 0.15) is 6.04 Å². The van der Waals surface area contributed by atoms with E-state index in [9.17, 15) is 9.59 Å². The molecule has 0 saturated carbocycles. The zero-order valence-corrected chi connectivity index (χ0v) is 9.36. The SMILES string of the molecule is C[C@H](NC(=O)NCC1CCCOC1)C(=O)O. The molecule has 2 atom stereocenters. The van der Waals surface area contributed by atoms with Crippen LogP contribution in [0.25, 0.3) is 0 Å². The number of hydrogen-bond donors (Lipinski definition) is 3. The van der Waals surface area contributed by atoms with Crippen molar-refractivity contribution < 1.29 is 19.4 Å². The highest BCUT2D eigenvalue weighted by Gasteiger charge is 2.17. The van der Waals surface area contributed by atoms with Crippen LogP contribution in [0, 0.1) is 5.92 Å². The summed E-state index contributed by atoms with van der Waals surface area (Å²) in [5, 5.41) is 13.6. The lowest BCUT2D eigenvalue weighted by molar-refractivity contribution is -0.138. The molecular formula is C10H18N2O4. The van der Waals surface area contributed by atoms with Gasteiger partial charge in [0, 0.05) is 13.2 Å². The summed E-state index contributed by atoms with van der Waals surface area (Å²) in [5.74, 6) is -0.712. The van der Waals surface area contributed by atoms with Crippen LogP contribution in [-0.4, -0.2) is 42.9 Å². The van der Waals surface area contributed by atoms with E-state index in [4.69, 9.17) is 9.84 Å². The van der Waals surface area contributed by atoms with Gasteiger partial charge in [0.05, 0.1) is 6.61 Å². The molecule has 1 aliphatic heterocycles. The number of carboxylic acid groups (broad SMARTS) is 1. The molecule has 0 aromatic carbocycles. The number of ether oxygens (including phenoxy) is 1. The number of aliphatic carboxylic acids is 1. The average molecular weight is 230 g/mol. The van der Waals surface area contributed by atoms with Gasteiger partial charge in [0.2, 0.25) is 0 Å². The second-order valence-electron chi connectivity index (χ2n) is 4.00. The normalized spacial score (nSPS) is 22.2. The lowest BCUT2D eigenvalue weighted by Crippen LogP contribution is -2.46. The van der Waals surface area contributed by atoms with Crippen molar-refractivity contribution >= 4 is 12.0 Å². The minimum atomic E-state index is -1.05. The lowest BCUT2D eigenvalue weighted by Gasteiger charge is -2.22. The van der Waals surface area contributed by atoms with E-state index in [-0.39, 0.29) is 0 Å². The van der Waals surface area contributed by atoms with Crippen LogP contribution < -0.4 is 10.6 Å². The number of carboxylic acids is 1. The largest absolute Gasteiger partial charge is 0.480 e. The van der Waals surface area contributed by atoms with Gasteiger partial charge in [-0.2, -0.15) is 0 Å². The third kappa shape index (κ3) is 4.48. The van der Waals surface area contributed by atoms with Crippen molar-refractivity contribution in [1.29, 1.82) is 0 Å². The number of urea groups is 1. The molecule has 0 aromatic heterocycles. The summed E-state index contributed by atoms with van der Waals surface area (Å²) >= 11 is 0. The molecule has 1 rings (SSSR count). The van der Waals surface area contributed by atoms with Crippen molar-refractivity contribution in [1.82, 2.24) is 10.6 Å². The predicted molar refractivity (Wildman–Crippen MR) is 57.2 cm³/mol. The van der Waals surface area contributed by atoms with Gasteiger partial charge in [-0.1, -0.05) is 0 Å². The Hall–Kier alpha value is -1.30. The van der Waals surface area contributed by atoms with Gasteiger partial charge < -0.3 is 20.5 Å². The molecule has 1 aliphatic rings. The number of amides is 2. The average Bonchev–Trinajstić information content (AvgIpc) is 2.27. The Kier molecular flexibility index (Phi) is 5.04. The van der Waals surface area contributed by atoms with E-state index in [1.807, 2.05) is 0 Å². The fourth-order valence-corrected chi connectivity index (χ4v) is 1.51. The standard InChI is InChI=1S/C10H18N2O4/c1-7(9(13)14)12-10(15)11-5-8-3-2-4-16-6-8/h7-8H,2-6H2,1H3,(H,13,14)(H2,11,12,15)/t7-,8?/m0/s1. The van der Waals surface area contributed by atoms with E-state index in [1.54, 1.807) is 0 Å². The molecule has 0 radical (unpaired) electrons. The summed E-state index contributed by atoms with van der Waals surface area (Å²) in [5.41, 5.74) is 0. The van der Waals surface area contributed by atoms with Crippen LogP contribution in [0.15, 0.2) is 0 Å². The maximum atomic E-state index is 11.3. The van der Waals surface area contributed by atoms with Crippen molar-refractivity contribution in [3.05, 3.63) is 0 Å². The molecule has 0 bridgehead atoms. The molecule has 1 fully saturated rings. The zero-order valence-electron chi connectivity index (χ0n) is 9.36. The van der Waals surface area contributed by atoms with Gasteiger partial charge in [-0.25, -0.2) is 4.79 Å². The van der Waals surface area contributed by atoms with Gasteiger partial charge in [0.15, 0.2) is 0 Å². The van der Waals surface area contributed by atoms with Gasteiger partial charge in [0.25, 0.3) is 0 Å². The third-order valence-corrected chi connectivity index (χ3v) is 2.52. The first-order valence-corrected chi connectivity index (χ1v) is 5.44. The Morgan fingerprint density at radius 3 is 2.88 bits per heavy atom. The number of hydrogen-bond acceptors (Lipinski definition) is 3. The molecule has 16 heavy (non-hydrogen) atoms. The molecule has 0 aromatic rings. The van der Waals surface area contributed by atoms with Gasteiger partial charge in [-0.05, 0) is 25.7 Å². The molecule has 2 amide bonds. The van der Waals surface area contributed by atoms with Crippen molar-refractivity contribution in [3.8, 4) is 0 Å². The van der Waals surface area contributed by atoms with E-state index in [1.165, 1.54) is 6.92 Å². The van der Waals surface area contributed by atoms with Crippen molar-refractivity contribution in [2.45, 2.75) is 25.8 Å². The first-order valence-electron chi connectivity index (χ1n) is 5.44. The van der Waals surface area contributed by atoms with Crippen LogP contribution in [0.4, 0.5) is 4.79 Å². The third-order valence-electron chi connectivity index (χ3n) is 2.52. The summed E-state index contributed by atoms with van der Waals surface area (Å²) in [4.78, 5) is 21.8. The van der Waals surface area contributed by atoms with E-state index in [0.29, 0.717) is 19.1 Å². The molecule has 0 spiro atoms. The van der Waals surface area contributed by atoms with Gasteiger partial charge in [-0.3, -0.25) is 4.79 Å². The summed E-state index contributed by atoms with van der Waals surface area (Å²) in [6.45, 7) is 3.40. The van der Waals surface area contributed by atoms with Gasteiger partial charge >= 0.3 is 12.0 Å². The minimum Gasteiger partial charge on any atom is -0.480 e. The van der Waals surface area contributed by atoms with Gasteiger partial charge in [-0.15, -0.1) is 0 Å². The van der Waals surface area contributed by atoms with E-state index in [0.717, 1.165) is 19.4 Å². The van der Waals surface area contributed by atoms with Crippen LogP contribution in [0.3, 0.4) is 0 Å². The Balaban J connectivity index is 2.16. The van der Waals surface area contributed by atoms with E-state index < -0.39 is 18.0 Å². The first kappa shape index (κ1) is 12.8. The zero-order chi connectivity index (χ0) is 12.0. The highest BCUT2D eigenvalue weighted by Crippen LogP contribution is 2.11. The Morgan fingerprint density at radius 2 is 2.31 bits per heavy atom. The quantitative estimate of drug-likeness (QED) is 0.643. The molecular weight excluding hydrogens is 212 g/mol. The molecule has 6 nitrogen and oxygen atoms in total. The molecule has 6 heteroatoms. The molecule has 0 aliphatic carbocycles. The predicted octanol–water partition coefficient (Wildman–Crippen LogP) is 0.185. The second-order valence-corrected chi connectivity index (χ2v) is 4.00. The Morgan fingerprint density at radius 1 is 1.56 bits per heavy atom. The fraction of sp³-hybridized carbons (Fsp3) is 0.800.